The fraction of sp³-hybridized carbons (Fsp3) is 0.200. The van der Waals surface area contributed by atoms with Crippen LogP contribution < -0.4 is 0 Å². The zero-order valence-corrected chi connectivity index (χ0v) is 12.4. The first-order valence-corrected chi connectivity index (χ1v) is 7.18. The summed E-state index contributed by atoms with van der Waals surface area (Å²) in [5.41, 5.74) is 6.98. The highest BCUT2D eigenvalue weighted by atomic mass is 14.1. The molecule has 0 N–H and O–H groups in total. The van der Waals surface area contributed by atoms with Crippen molar-refractivity contribution in [3.05, 3.63) is 82.4 Å². The van der Waals surface area contributed by atoms with E-state index in [4.69, 9.17) is 0 Å². The third-order valence-electron chi connectivity index (χ3n) is 4.20. The number of rotatable bonds is 2. The molecule has 3 aromatic carbocycles. The minimum Gasteiger partial charge on any atom is -0.0616 e. The lowest BCUT2D eigenvalue weighted by Crippen LogP contribution is -1.96. The Balaban J connectivity index is 2.07. The van der Waals surface area contributed by atoms with Crippen molar-refractivity contribution in [2.75, 3.05) is 0 Å². The van der Waals surface area contributed by atoms with Gasteiger partial charge in [-0.2, -0.15) is 0 Å². The molecule has 0 fully saturated rings. The average molecular weight is 260 g/mol. The van der Waals surface area contributed by atoms with Crippen LogP contribution in [-0.4, -0.2) is 0 Å². The van der Waals surface area contributed by atoms with E-state index in [-0.39, 0.29) is 0 Å². The van der Waals surface area contributed by atoms with Gasteiger partial charge in [-0.15, -0.1) is 0 Å². The lowest BCUT2D eigenvalue weighted by molar-refractivity contribution is 1.13. The van der Waals surface area contributed by atoms with E-state index >= 15 is 0 Å². The van der Waals surface area contributed by atoms with Crippen LogP contribution in [0, 0.1) is 20.8 Å². The first kappa shape index (κ1) is 12.9. The largest absolute Gasteiger partial charge is 0.0616 e. The third-order valence-corrected chi connectivity index (χ3v) is 4.20. The first-order valence-electron chi connectivity index (χ1n) is 7.18. The van der Waals surface area contributed by atoms with E-state index < -0.39 is 0 Å². The molecule has 0 aliphatic carbocycles. The molecular formula is C20H20. The summed E-state index contributed by atoms with van der Waals surface area (Å²) < 4.78 is 0. The van der Waals surface area contributed by atoms with Crippen LogP contribution in [0.25, 0.3) is 10.8 Å². The summed E-state index contributed by atoms with van der Waals surface area (Å²) in [4.78, 5) is 0. The van der Waals surface area contributed by atoms with Crippen molar-refractivity contribution < 1.29 is 0 Å². The van der Waals surface area contributed by atoms with E-state index in [1.54, 1.807) is 0 Å². The molecular weight excluding hydrogens is 240 g/mol. The number of hydrogen-bond acceptors (Lipinski definition) is 0. The quantitative estimate of drug-likeness (QED) is 0.582. The Morgan fingerprint density at radius 2 is 1.55 bits per heavy atom. The molecule has 0 saturated carbocycles. The van der Waals surface area contributed by atoms with Gasteiger partial charge in [-0.1, -0.05) is 60.2 Å². The summed E-state index contributed by atoms with van der Waals surface area (Å²) >= 11 is 0. The van der Waals surface area contributed by atoms with Gasteiger partial charge >= 0.3 is 0 Å². The Bertz CT molecular complexity index is 766. The lowest BCUT2D eigenvalue weighted by Gasteiger charge is -2.12. The highest BCUT2D eigenvalue weighted by Crippen LogP contribution is 2.24. The van der Waals surface area contributed by atoms with Crippen LogP contribution in [0.2, 0.25) is 0 Å². The molecule has 3 rings (SSSR count). The van der Waals surface area contributed by atoms with Gasteiger partial charge in [-0.25, -0.2) is 0 Å². The van der Waals surface area contributed by atoms with Crippen LogP contribution >= 0.6 is 0 Å². The molecule has 0 nitrogen and oxygen atoms in total. The average Bonchev–Trinajstić information content (AvgIpc) is 2.46. The molecule has 0 unspecified atom stereocenters. The van der Waals surface area contributed by atoms with E-state index in [0.29, 0.717) is 0 Å². The summed E-state index contributed by atoms with van der Waals surface area (Å²) in [6.07, 6.45) is 1.02. The second kappa shape index (κ2) is 5.13. The normalized spacial score (nSPS) is 10.9. The van der Waals surface area contributed by atoms with E-state index in [0.717, 1.165) is 6.42 Å². The van der Waals surface area contributed by atoms with Gasteiger partial charge in [0, 0.05) is 0 Å². The second-order valence-corrected chi connectivity index (χ2v) is 5.68. The van der Waals surface area contributed by atoms with Crippen molar-refractivity contribution in [2.24, 2.45) is 0 Å². The van der Waals surface area contributed by atoms with Crippen molar-refractivity contribution in [1.29, 1.82) is 0 Å². The summed E-state index contributed by atoms with van der Waals surface area (Å²) in [7, 11) is 0. The standard InChI is InChI=1S/C20H20/c1-14-8-9-15(2)19(12-14)13-18-11-10-17-6-4-5-7-20(17)16(18)3/h4-12H,13H2,1-3H3. The Hall–Kier alpha value is -2.08. The predicted molar refractivity (Wildman–Crippen MR) is 87.4 cm³/mol. The summed E-state index contributed by atoms with van der Waals surface area (Å²) in [5.74, 6) is 0. The van der Waals surface area contributed by atoms with Crippen molar-refractivity contribution in [3.63, 3.8) is 0 Å². The van der Waals surface area contributed by atoms with E-state index in [1.807, 2.05) is 0 Å². The summed E-state index contributed by atoms with van der Waals surface area (Å²) in [6, 6.07) is 19.9. The smallest absolute Gasteiger partial charge is 0.00202 e. The Morgan fingerprint density at radius 1 is 0.750 bits per heavy atom. The maximum absolute atomic E-state index is 2.31. The van der Waals surface area contributed by atoms with Gasteiger partial charge in [-0.05, 0) is 60.2 Å². The minimum absolute atomic E-state index is 1.02. The van der Waals surface area contributed by atoms with Gasteiger partial charge in [0.05, 0.1) is 0 Å². The van der Waals surface area contributed by atoms with Crippen LogP contribution in [0.1, 0.15) is 27.8 Å². The molecule has 0 atom stereocenters. The molecule has 0 bridgehead atoms. The second-order valence-electron chi connectivity index (χ2n) is 5.68. The highest BCUT2D eigenvalue weighted by molar-refractivity contribution is 5.86. The van der Waals surface area contributed by atoms with Gasteiger partial charge in [0.1, 0.15) is 0 Å². The van der Waals surface area contributed by atoms with E-state index in [2.05, 4.69) is 75.4 Å². The van der Waals surface area contributed by atoms with Crippen LogP contribution in [0.4, 0.5) is 0 Å². The fourth-order valence-corrected chi connectivity index (χ4v) is 2.86. The van der Waals surface area contributed by atoms with Crippen molar-refractivity contribution in [2.45, 2.75) is 27.2 Å². The minimum atomic E-state index is 1.02. The molecule has 0 aliphatic heterocycles. The van der Waals surface area contributed by atoms with E-state index in [9.17, 15) is 0 Å². The molecule has 0 saturated heterocycles. The van der Waals surface area contributed by atoms with E-state index in [1.165, 1.54) is 38.6 Å². The van der Waals surface area contributed by atoms with Gasteiger partial charge in [0.2, 0.25) is 0 Å². The lowest BCUT2D eigenvalue weighted by atomic mass is 9.93. The summed E-state index contributed by atoms with van der Waals surface area (Å²) in [6.45, 7) is 6.60. The SMILES string of the molecule is Cc1ccc(C)c(Cc2ccc3ccccc3c2C)c1. The molecule has 0 heteroatoms. The Kier molecular flexibility index (Phi) is 3.31. The van der Waals surface area contributed by atoms with Crippen LogP contribution in [0.3, 0.4) is 0 Å². The maximum Gasteiger partial charge on any atom is -0.00202 e. The third kappa shape index (κ3) is 2.34. The first-order chi connectivity index (χ1) is 9.65. The van der Waals surface area contributed by atoms with Crippen LogP contribution in [-0.2, 0) is 6.42 Å². The van der Waals surface area contributed by atoms with Gasteiger partial charge in [0.25, 0.3) is 0 Å². The monoisotopic (exact) mass is 260 g/mol. The molecule has 0 radical (unpaired) electrons. The van der Waals surface area contributed by atoms with Crippen molar-refractivity contribution >= 4 is 10.8 Å². The molecule has 100 valence electrons. The molecule has 0 aromatic heterocycles. The van der Waals surface area contributed by atoms with Crippen LogP contribution in [0.5, 0.6) is 0 Å². The highest BCUT2D eigenvalue weighted by Gasteiger charge is 2.06. The van der Waals surface area contributed by atoms with Crippen molar-refractivity contribution in [3.8, 4) is 0 Å². The number of aryl methyl sites for hydroxylation is 3. The summed E-state index contributed by atoms with van der Waals surface area (Å²) in [5, 5.41) is 2.70. The number of benzene rings is 3. The Labute approximate surface area is 121 Å². The zero-order valence-electron chi connectivity index (χ0n) is 12.4. The molecule has 0 aliphatic rings. The number of fused-ring (bicyclic) bond motifs is 1. The van der Waals surface area contributed by atoms with Gasteiger partial charge < -0.3 is 0 Å². The van der Waals surface area contributed by atoms with Crippen molar-refractivity contribution in [1.82, 2.24) is 0 Å². The predicted octanol–water partition coefficient (Wildman–Crippen LogP) is 5.36. The fourth-order valence-electron chi connectivity index (χ4n) is 2.86. The van der Waals surface area contributed by atoms with Gasteiger partial charge in [-0.3, -0.25) is 0 Å². The van der Waals surface area contributed by atoms with Gasteiger partial charge in [0.15, 0.2) is 0 Å². The Morgan fingerprint density at radius 3 is 2.40 bits per heavy atom. The maximum atomic E-state index is 2.31. The molecule has 20 heavy (non-hydrogen) atoms. The molecule has 0 heterocycles. The number of hydrogen-bond donors (Lipinski definition) is 0. The topological polar surface area (TPSA) is 0 Å². The molecule has 0 spiro atoms. The zero-order chi connectivity index (χ0) is 14.1. The molecule has 0 amide bonds. The molecule has 3 aromatic rings. The van der Waals surface area contributed by atoms with Crippen LogP contribution in [0.15, 0.2) is 54.6 Å².